The molecule has 0 saturated heterocycles. The Morgan fingerprint density at radius 1 is 1.30 bits per heavy atom. The first-order valence-electron chi connectivity index (χ1n) is 9.95. The predicted octanol–water partition coefficient (Wildman–Crippen LogP) is 3.06. The van der Waals surface area contributed by atoms with Crippen molar-refractivity contribution in [2.75, 3.05) is 13.7 Å². The number of rotatable bonds is 7. The Labute approximate surface area is 181 Å². The van der Waals surface area contributed by atoms with Gasteiger partial charge in [-0.25, -0.2) is 4.98 Å². The second-order valence-electron chi connectivity index (χ2n) is 7.45. The number of ether oxygens (including phenoxy) is 1. The molecule has 0 atom stereocenters. The van der Waals surface area contributed by atoms with Gasteiger partial charge in [-0.1, -0.05) is 0 Å². The van der Waals surface area contributed by atoms with Crippen molar-refractivity contribution in [3.63, 3.8) is 0 Å². The summed E-state index contributed by atoms with van der Waals surface area (Å²) in [5, 5.41) is 4.64. The molecule has 0 radical (unpaired) electrons. The first kappa shape index (κ1) is 20.7. The van der Waals surface area contributed by atoms with Crippen LogP contribution in [-0.2, 0) is 40.1 Å². The fourth-order valence-electron chi connectivity index (χ4n) is 3.62. The van der Waals surface area contributed by atoms with Crippen LogP contribution in [0.25, 0.3) is 10.2 Å². The number of H-pyrrole nitrogens is 1. The third-order valence-electron chi connectivity index (χ3n) is 5.22. The van der Waals surface area contributed by atoms with Gasteiger partial charge in [-0.15, -0.1) is 11.3 Å². The van der Waals surface area contributed by atoms with Gasteiger partial charge in [0.05, 0.1) is 11.8 Å². The van der Waals surface area contributed by atoms with Crippen LogP contribution in [0.15, 0.2) is 21.6 Å². The summed E-state index contributed by atoms with van der Waals surface area (Å²) in [6, 6.07) is 1.95. The van der Waals surface area contributed by atoms with E-state index in [-0.39, 0.29) is 30.9 Å². The standard InChI is InChI=1S/C21H23N3O4S2/c1-24(10-13-8-9-29-12-13)17(25)11-28-18(26)7-6-16-22-20(27)19-14-4-2-3-5-15(14)30-21(19)23-16/h8-9,12H,2-7,10-11H2,1H3,(H,22,23,27). The number of esters is 1. The quantitative estimate of drug-likeness (QED) is 0.564. The van der Waals surface area contributed by atoms with Crippen LogP contribution in [0.2, 0.25) is 0 Å². The average Bonchev–Trinajstić information content (AvgIpc) is 3.37. The number of nitrogens with zero attached hydrogens (tertiary/aromatic N) is 2. The van der Waals surface area contributed by atoms with E-state index in [1.54, 1.807) is 29.7 Å². The molecule has 0 fully saturated rings. The molecule has 0 aromatic carbocycles. The molecule has 0 bridgehead atoms. The van der Waals surface area contributed by atoms with Crippen LogP contribution in [0.4, 0.5) is 0 Å². The molecule has 30 heavy (non-hydrogen) atoms. The Morgan fingerprint density at radius 2 is 2.13 bits per heavy atom. The third kappa shape index (κ3) is 4.62. The average molecular weight is 446 g/mol. The molecule has 7 nitrogen and oxygen atoms in total. The van der Waals surface area contributed by atoms with E-state index in [9.17, 15) is 14.4 Å². The highest BCUT2D eigenvalue weighted by Gasteiger charge is 2.20. The third-order valence-corrected chi connectivity index (χ3v) is 7.14. The van der Waals surface area contributed by atoms with Crippen LogP contribution in [0.1, 0.15) is 41.1 Å². The van der Waals surface area contributed by atoms with Gasteiger partial charge in [-0.2, -0.15) is 11.3 Å². The topological polar surface area (TPSA) is 92.4 Å². The predicted molar refractivity (Wildman–Crippen MR) is 117 cm³/mol. The molecule has 3 aromatic heterocycles. The molecular weight excluding hydrogens is 422 g/mol. The van der Waals surface area contributed by atoms with Crippen molar-refractivity contribution in [3.8, 4) is 0 Å². The van der Waals surface area contributed by atoms with E-state index in [1.165, 1.54) is 9.78 Å². The van der Waals surface area contributed by atoms with Crippen molar-refractivity contribution < 1.29 is 14.3 Å². The van der Waals surface area contributed by atoms with E-state index in [4.69, 9.17) is 4.74 Å². The molecule has 1 aliphatic carbocycles. The number of aryl methyl sites for hydroxylation is 3. The zero-order valence-electron chi connectivity index (χ0n) is 16.7. The van der Waals surface area contributed by atoms with Crippen LogP contribution in [0.3, 0.4) is 0 Å². The Hall–Kier alpha value is -2.52. The Kier molecular flexibility index (Phi) is 6.29. The molecule has 3 aromatic rings. The summed E-state index contributed by atoms with van der Waals surface area (Å²) in [6.07, 6.45) is 4.52. The minimum Gasteiger partial charge on any atom is -0.456 e. The molecule has 0 saturated carbocycles. The lowest BCUT2D eigenvalue weighted by Gasteiger charge is -2.16. The maximum atomic E-state index is 12.5. The maximum Gasteiger partial charge on any atom is 0.306 e. The molecule has 158 valence electrons. The van der Waals surface area contributed by atoms with Gasteiger partial charge in [-0.05, 0) is 53.6 Å². The molecule has 4 rings (SSSR count). The lowest BCUT2D eigenvalue weighted by Crippen LogP contribution is -2.30. The van der Waals surface area contributed by atoms with Crippen LogP contribution in [0, 0.1) is 0 Å². The molecule has 9 heteroatoms. The second kappa shape index (κ2) is 9.09. The van der Waals surface area contributed by atoms with E-state index in [0.29, 0.717) is 17.8 Å². The summed E-state index contributed by atoms with van der Waals surface area (Å²) in [4.78, 5) is 47.6. The van der Waals surface area contributed by atoms with Gasteiger partial charge in [0.1, 0.15) is 10.7 Å². The lowest BCUT2D eigenvalue weighted by molar-refractivity contribution is -0.151. The second-order valence-corrected chi connectivity index (χ2v) is 9.31. The van der Waals surface area contributed by atoms with E-state index < -0.39 is 5.97 Å². The van der Waals surface area contributed by atoms with Gasteiger partial charge >= 0.3 is 5.97 Å². The van der Waals surface area contributed by atoms with Crippen LogP contribution in [0.5, 0.6) is 0 Å². The van der Waals surface area contributed by atoms with Gasteiger partial charge in [0, 0.05) is 24.9 Å². The highest BCUT2D eigenvalue weighted by molar-refractivity contribution is 7.18. The van der Waals surface area contributed by atoms with Gasteiger partial charge in [0.2, 0.25) is 0 Å². The highest BCUT2D eigenvalue weighted by atomic mass is 32.1. The number of hydrogen-bond acceptors (Lipinski definition) is 7. The van der Waals surface area contributed by atoms with Crippen molar-refractivity contribution >= 4 is 44.8 Å². The number of carbonyl (C=O) groups excluding carboxylic acids is 2. The molecular formula is C21H23N3O4S2. The molecule has 1 N–H and O–H groups in total. The van der Waals surface area contributed by atoms with Gasteiger partial charge in [0.25, 0.3) is 11.5 Å². The van der Waals surface area contributed by atoms with Crippen molar-refractivity contribution in [3.05, 3.63) is 49.0 Å². The smallest absolute Gasteiger partial charge is 0.306 e. The molecule has 0 unspecified atom stereocenters. The van der Waals surface area contributed by atoms with Crippen LogP contribution >= 0.6 is 22.7 Å². The largest absolute Gasteiger partial charge is 0.456 e. The van der Waals surface area contributed by atoms with Crippen LogP contribution in [-0.4, -0.2) is 40.4 Å². The number of likely N-dealkylation sites (N-methyl/N-ethyl adjacent to an activating group) is 1. The number of fused-ring (bicyclic) bond motifs is 3. The highest BCUT2D eigenvalue weighted by Crippen LogP contribution is 2.33. The normalized spacial score (nSPS) is 13.2. The Morgan fingerprint density at radius 3 is 2.93 bits per heavy atom. The fourth-order valence-corrected chi connectivity index (χ4v) is 5.56. The zero-order valence-corrected chi connectivity index (χ0v) is 18.4. The number of aromatic amines is 1. The summed E-state index contributed by atoms with van der Waals surface area (Å²) in [5.41, 5.74) is 2.06. The first-order chi connectivity index (χ1) is 14.5. The van der Waals surface area contributed by atoms with E-state index in [2.05, 4.69) is 9.97 Å². The monoisotopic (exact) mass is 445 g/mol. The van der Waals surface area contributed by atoms with Crippen molar-refractivity contribution in [1.29, 1.82) is 0 Å². The number of amides is 1. The number of nitrogens with one attached hydrogen (secondary N) is 1. The Bertz CT molecular complexity index is 1120. The summed E-state index contributed by atoms with van der Waals surface area (Å²) < 4.78 is 5.11. The van der Waals surface area contributed by atoms with Crippen molar-refractivity contribution in [2.45, 2.75) is 45.1 Å². The Balaban J connectivity index is 1.31. The van der Waals surface area contributed by atoms with Crippen LogP contribution < -0.4 is 5.56 Å². The number of thiophene rings is 2. The summed E-state index contributed by atoms with van der Waals surface area (Å²) in [7, 11) is 1.68. The summed E-state index contributed by atoms with van der Waals surface area (Å²) in [5.74, 6) is -0.267. The number of hydrogen-bond donors (Lipinski definition) is 1. The number of aromatic nitrogens is 2. The SMILES string of the molecule is CN(Cc1ccsc1)C(=O)COC(=O)CCc1nc2sc3c(c2c(=O)[nH]1)CCCC3. The van der Waals surface area contributed by atoms with Crippen molar-refractivity contribution in [2.24, 2.45) is 0 Å². The van der Waals surface area contributed by atoms with Gasteiger partial charge in [-0.3, -0.25) is 14.4 Å². The first-order valence-corrected chi connectivity index (χ1v) is 11.7. The number of carbonyl (C=O) groups is 2. The minimum atomic E-state index is -0.486. The van der Waals surface area contributed by atoms with E-state index >= 15 is 0 Å². The lowest BCUT2D eigenvalue weighted by atomic mass is 9.97. The van der Waals surface area contributed by atoms with Gasteiger partial charge < -0.3 is 14.6 Å². The fraction of sp³-hybridized carbons (Fsp3) is 0.429. The molecule has 1 aliphatic rings. The maximum absolute atomic E-state index is 12.5. The van der Waals surface area contributed by atoms with Gasteiger partial charge in [0.15, 0.2) is 6.61 Å². The summed E-state index contributed by atoms with van der Waals surface area (Å²) >= 11 is 3.16. The zero-order chi connectivity index (χ0) is 21.1. The molecule has 0 spiro atoms. The molecule has 1 amide bonds. The molecule has 3 heterocycles. The van der Waals surface area contributed by atoms with E-state index in [1.807, 2.05) is 16.8 Å². The molecule has 0 aliphatic heterocycles. The van der Waals surface area contributed by atoms with E-state index in [0.717, 1.165) is 41.6 Å². The van der Waals surface area contributed by atoms with Crippen molar-refractivity contribution in [1.82, 2.24) is 14.9 Å². The summed E-state index contributed by atoms with van der Waals surface area (Å²) in [6.45, 7) is 0.190. The minimum absolute atomic E-state index is 0.0566.